The summed E-state index contributed by atoms with van der Waals surface area (Å²) in [5, 5.41) is 4.18. The third kappa shape index (κ3) is 3.36. The number of benzene rings is 2. The molecule has 27 heavy (non-hydrogen) atoms. The van der Waals surface area contributed by atoms with Crippen molar-refractivity contribution >= 4 is 0 Å². The molecule has 0 aliphatic carbocycles. The second kappa shape index (κ2) is 7.90. The highest BCUT2D eigenvalue weighted by molar-refractivity contribution is 5.85. The van der Waals surface area contributed by atoms with Gasteiger partial charge in [0.05, 0.1) is 41.1 Å². The predicted octanol–water partition coefficient (Wildman–Crippen LogP) is 4.05. The molecule has 1 heterocycles. The van der Waals surface area contributed by atoms with Crippen LogP contribution in [0.1, 0.15) is 0 Å². The maximum absolute atomic E-state index is 5.56. The molecule has 0 saturated carbocycles. The average molecular weight is 371 g/mol. The van der Waals surface area contributed by atoms with Crippen molar-refractivity contribution in [1.82, 2.24) is 5.16 Å². The number of rotatable bonds is 7. The Bertz CT molecular complexity index is 934. The Morgan fingerprint density at radius 1 is 0.704 bits per heavy atom. The molecule has 0 atom stereocenters. The van der Waals surface area contributed by atoms with Crippen LogP contribution in [0.2, 0.25) is 0 Å². The number of hydrogen-bond acceptors (Lipinski definition) is 7. The van der Waals surface area contributed by atoms with Gasteiger partial charge in [0.1, 0.15) is 17.7 Å². The van der Waals surface area contributed by atoms with Gasteiger partial charge in [-0.15, -0.1) is 0 Å². The molecule has 3 rings (SSSR count). The lowest BCUT2D eigenvalue weighted by Crippen LogP contribution is -1.96. The lowest BCUT2D eigenvalue weighted by molar-refractivity contribution is 0.349. The lowest BCUT2D eigenvalue weighted by Gasteiger charge is -2.14. The SMILES string of the molecule is COc1cc(OC)c(OC)c(-c2nocc2-c2ccc(OC)c(OC)c2)c1. The summed E-state index contributed by atoms with van der Waals surface area (Å²) in [7, 11) is 7.91. The zero-order valence-electron chi connectivity index (χ0n) is 15.9. The molecule has 0 spiro atoms. The Kier molecular flexibility index (Phi) is 5.40. The minimum absolute atomic E-state index is 0.535. The molecule has 0 radical (unpaired) electrons. The minimum Gasteiger partial charge on any atom is -0.497 e. The molecular weight excluding hydrogens is 350 g/mol. The Balaban J connectivity index is 2.19. The smallest absolute Gasteiger partial charge is 0.170 e. The standard InChI is InChI=1S/C20H21NO6/c1-22-13-9-14(20(26-5)18(10-13)25-4)19-15(11-27-21-19)12-6-7-16(23-2)17(8-12)24-3/h6-11H,1-5H3. The monoisotopic (exact) mass is 371 g/mol. The van der Waals surface area contributed by atoms with E-state index in [1.165, 1.54) is 0 Å². The van der Waals surface area contributed by atoms with Crippen molar-refractivity contribution in [3.63, 3.8) is 0 Å². The number of methoxy groups -OCH3 is 5. The van der Waals surface area contributed by atoms with E-state index in [9.17, 15) is 0 Å². The summed E-state index contributed by atoms with van der Waals surface area (Å²) in [6.45, 7) is 0. The van der Waals surface area contributed by atoms with Crippen molar-refractivity contribution in [2.24, 2.45) is 0 Å². The van der Waals surface area contributed by atoms with Gasteiger partial charge in [0.15, 0.2) is 23.0 Å². The van der Waals surface area contributed by atoms with Crippen LogP contribution in [0, 0.1) is 0 Å². The first-order valence-electron chi connectivity index (χ1n) is 8.14. The van der Waals surface area contributed by atoms with Gasteiger partial charge in [0.2, 0.25) is 0 Å². The summed E-state index contributed by atoms with van der Waals surface area (Å²) < 4.78 is 32.3. The van der Waals surface area contributed by atoms with Crippen molar-refractivity contribution in [3.05, 3.63) is 36.6 Å². The van der Waals surface area contributed by atoms with E-state index in [2.05, 4.69) is 5.16 Å². The molecule has 0 N–H and O–H groups in total. The van der Waals surface area contributed by atoms with Gasteiger partial charge in [-0.2, -0.15) is 0 Å². The molecule has 0 aliphatic rings. The van der Waals surface area contributed by atoms with E-state index in [1.54, 1.807) is 47.9 Å². The van der Waals surface area contributed by atoms with E-state index in [-0.39, 0.29) is 0 Å². The Morgan fingerprint density at radius 2 is 1.44 bits per heavy atom. The number of nitrogens with zero attached hydrogens (tertiary/aromatic N) is 1. The van der Waals surface area contributed by atoms with Gasteiger partial charge in [-0.25, -0.2) is 0 Å². The summed E-state index contributed by atoms with van der Waals surface area (Å²) in [5.41, 5.74) is 2.90. The molecule has 0 amide bonds. The fourth-order valence-electron chi connectivity index (χ4n) is 2.87. The van der Waals surface area contributed by atoms with Crippen LogP contribution in [0.4, 0.5) is 0 Å². The Hall–Kier alpha value is -3.35. The summed E-state index contributed by atoms with van der Waals surface area (Å²) >= 11 is 0. The van der Waals surface area contributed by atoms with Gasteiger partial charge in [-0.3, -0.25) is 0 Å². The molecule has 7 nitrogen and oxygen atoms in total. The van der Waals surface area contributed by atoms with Crippen molar-refractivity contribution in [1.29, 1.82) is 0 Å². The fourth-order valence-corrected chi connectivity index (χ4v) is 2.87. The topological polar surface area (TPSA) is 72.2 Å². The predicted molar refractivity (Wildman–Crippen MR) is 100 cm³/mol. The fraction of sp³-hybridized carbons (Fsp3) is 0.250. The highest BCUT2D eigenvalue weighted by Crippen LogP contribution is 2.45. The molecule has 0 aliphatic heterocycles. The summed E-state index contributed by atoms with van der Waals surface area (Å²) in [4.78, 5) is 0. The van der Waals surface area contributed by atoms with Crippen LogP contribution < -0.4 is 23.7 Å². The molecule has 0 fully saturated rings. The highest BCUT2D eigenvalue weighted by Gasteiger charge is 2.21. The molecule has 3 aromatic rings. The first kappa shape index (κ1) is 18.4. The van der Waals surface area contributed by atoms with Gasteiger partial charge in [0.25, 0.3) is 0 Å². The van der Waals surface area contributed by atoms with Gasteiger partial charge >= 0.3 is 0 Å². The second-order valence-electron chi connectivity index (χ2n) is 5.56. The third-order valence-corrected chi connectivity index (χ3v) is 4.21. The van der Waals surface area contributed by atoms with Crippen molar-refractivity contribution in [2.45, 2.75) is 0 Å². The molecule has 1 aromatic heterocycles. The maximum Gasteiger partial charge on any atom is 0.170 e. The first-order chi connectivity index (χ1) is 13.2. The largest absolute Gasteiger partial charge is 0.497 e. The Morgan fingerprint density at radius 3 is 2.07 bits per heavy atom. The average Bonchev–Trinajstić information content (AvgIpc) is 3.21. The molecule has 2 aromatic carbocycles. The Labute approximate surface area is 157 Å². The molecule has 0 saturated heterocycles. The summed E-state index contributed by atoms with van der Waals surface area (Å²) in [6, 6.07) is 9.16. The van der Waals surface area contributed by atoms with Crippen LogP contribution in [-0.4, -0.2) is 40.7 Å². The van der Waals surface area contributed by atoms with Crippen LogP contribution in [-0.2, 0) is 0 Å². The zero-order valence-corrected chi connectivity index (χ0v) is 15.9. The van der Waals surface area contributed by atoms with Crippen LogP contribution in [0.5, 0.6) is 28.7 Å². The van der Waals surface area contributed by atoms with E-state index in [1.807, 2.05) is 24.3 Å². The van der Waals surface area contributed by atoms with Gasteiger partial charge < -0.3 is 28.2 Å². The number of ether oxygens (including phenoxy) is 5. The van der Waals surface area contributed by atoms with Crippen molar-refractivity contribution < 1.29 is 28.2 Å². The van der Waals surface area contributed by atoms with Crippen LogP contribution >= 0.6 is 0 Å². The summed E-state index contributed by atoms with van der Waals surface area (Å²) in [5.74, 6) is 2.93. The molecule has 142 valence electrons. The van der Waals surface area contributed by atoms with E-state index in [4.69, 9.17) is 28.2 Å². The van der Waals surface area contributed by atoms with Crippen molar-refractivity contribution in [2.75, 3.05) is 35.5 Å². The number of hydrogen-bond donors (Lipinski definition) is 0. The molecule has 0 unspecified atom stereocenters. The van der Waals surface area contributed by atoms with Gasteiger partial charge in [-0.05, 0) is 23.8 Å². The molecular formula is C20H21NO6. The van der Waals surface area contributed by atoms with Crippen LogP contribution in [0.3, 0.4) is 0 Å². The van der Waals surface area contributed by atoms with E-state index >= 15 is 0 Å². The van der Waals surface area contributed by atoms with Crippen molar-refractivity contribution in [3.8, 4) is 51.1 Å². The third-order valence-electron chi connectivity index (χ3n) is 4.21. The number of aromatic nitrogens is 1. The zero-order chi connectivity index (χ0) is 19.4. The minimum atomic E-state index is 0.535. The normalized spacial score (nSPS) is 10.4. The maximum atomic E-state index is 5.56. The van der Waals surface area contributed by atoms with E-state index < -0.39 is 0 Å². The van der Waals surface area contributed by atoms with Crippen LogP contribution in [0.15, 0.2) is 41.1 Å². The van der Waals surface area contributed by atoms with E-state index in [0.29, 0.717) is 40.0 Å². The molecule has 0 bridgehead atoms. The van der Waals surface area contributed by atoms with E-state index in [0.717, 1.165) is 11.1 Å². The van der Waals surface area contributed by atoms with Gasteiger partial charge in [-0.1, -0.05) is 11.2 Å². The highest BCUT2D eigenvalue weighted by atomic mass is 16.5. The quantitative estimate of drug-likeness (QED) is 0.620. The first-order valence-corrected chi connectivity index (χ1v) is 8.14. The second-order valence-corrected chi connectivity index (χ2v) is 5.56. The van der Waals surface area contributed by atoms with Gasteiger partial charge in [0, 0.05) is 11.6 Å². The van der Waals surface area contributed by atoms with Crippen LogP contribution in [0.25, 0.3) is 22.4 Å². The summed E-state index contributed by atoms with van der Waals surface area (Å²) in [6.07, 6.45) is 1.57. The molecule has 7 heteroatoms. The lowest BCUT2D eigenvalue weighted by atomic mass is 10.00.